The number of hydrogen-bond donors (Lipinski definition) is 5. The summed E-state index contributed by atoms with van der Waals surface area (Å²) < 4.78 is 0. The molecule has 38 heavy (non-hydrogen) atoms. The number of aliphatic hydroxyl groups excluding tert-OH is 2. The summed E-state index contributed by atoms with van der Waals surface area (Å²) in [6.45, 7) is 3.93. The van der Waals surface area contributed by atoms with E-state index in [0.717, 1.165) is 5.56 Å². The summed E-state index contributed by atoms with van der Waals surface area (Å²) in [6, 6.07) is 2.06. The minimum absolute atomic E-state index is 0.0316. The Morgan fingerprint density at radius 2 is 1.84 bits per heavy atom. The zero-order valence-corrected chi connectivity index (χ0v) is 22.4. The van der Waals surface area contributed by atoms with E-state index in [1.165, 1.54) is 11.0 Å². The molecule has 1 amide bonds. The molecule has 1 aromatic rings. The first-order chi connectivity index (χ1) is 17.7. The second-order valence-corrected chi connectivity index (χ2v) is 10.8. The lowest BCUT2D eigenvalue weighted by atomic mass is 9.57. The number of carbonyl (C=O) groups excluding carboxylic acids is 3. The fraction of sp³-hybridized carbons (Fsp3) is 0.519. The van der Waals surface area contributed by atoms with E-state index in [4.69, 9.17) is 10.6 Å². The van der Waals surface area contributed by atoms with Gasteiger partial charge in [0.05, 0.1) is 24.3 Å². The highest BCUT2D eigenvalue weighted by molar-refractivity contribution is 6.24. The van der Waals surface area contributed by atoms with Crippen molar-refractivity contribution in [2.75, 3.05) is 28.3 Å². The van der Waals surface area contributed by atoms with Crippen LogP contribution >= 0.6 is 0 Å². The van der Waals surface area contributed by atoms with E-state index in [2.05, 4.69) is 0 Å². The molecule has 5 atom stereocenters. The molecule has 11 heteroatoms. The molecule has 6 N–H and O–H groups in total. The monoisotopic (exact) mass is 529 g/mol. The van der Waals surface area contributed by atoms with Crippen LogP contribution in [0.15, 0.2) is 29.0 Å². The molecule has 4 rings (SSSR count). The number of fused-ring (bicyclic) bond motifs is 3. The van der Waals surface area contributed by atoms with Crippen LogP contribution in [0.5, 0.6) is 5.75 Å². The summed E-state index contributed by atoms with van der Waals surface area (Å²) in [5.74, 6) is -6.73. The van der Waals surface area contributed by atoms with Gasteiger partial charge in [0.2, 0.25) is 5.78 Å². The van der Waals surface area contributed by atoms with Crippen molar-refractivity contribution >= 4 is 23.2 Å². The van der Waals surface area contributed by atoms with E-state index in [0.29, 0.717) is 12.0 Å². The predicted octanol–water partition coefficient (Wildman–Crippen LogP) is 1.08. The SMILES string of the molecule is CCC(C)(c1ccc(O)c2c1C[C@H]1C[C@H]3[C@H](N(C)C)C(=O)C(C(N)=O)=C(O)[C@@]3(O)C(=O)C1=C2O)N(C)OC. The molecule has 0 spiro atoms. The average Bonchev–Trinajstić information content (AvgIpc) is 2.84. The third-order valence-corrected chi connectivity index (χ3v) is 8.84. The number of nitrogens with zero attached hydrogens (tertiary/aromatic N) is 2. The highest BCUT2D eigenvalue weighted by atomic mass is 16.7. The minimum atomic E-state index is -2.66. The molecule has 1 unspecified atom stereocenters. The first-order valence-electron chi connectivity index (χ1n) is 12.5. The Morgan fingerprint density at radius 3 is 2.37 bits per heavy atom. The van der Waals surface area contributed by atoms with Crippen molar-refractivity contribution in [2.45, 2.75) is 50.3 Å². The maximum Gasteiger partial charge on any atom is 0.255 e. The van der Waals surface area contributed by atoms with Crippen LogP contribution < -0.4 is 5.73 Å². The fourth-order valence-corrected chi connectivity index (χ4v) is 6.53. The van der Waals surface area contributed by atoms with Crippen molar-refractivity contribution in [1.29, 1.82) is 0 Å². The highest BCUT2D eigenvalue weighted by Crippen LogP contribution is 2.53. The predicted molar refractivity (Wildman–Crippen MR) is 137 cm³/mol. The lowest BCUT2D eigenvalue weighted by molar-refractivity contribution is -0.183. The van der Waals surface area contributed by atoms with Gasteiger partial charge in [0.1, 0.15) is 22.8 Å². The number of aromatic hydroxyl groups is 1. The maximum atomic E-state index is 13.9. The molecule has 0 aliphatic heterocycles. The molecular formula is C27H35N3O8. The number of hydrogen-bond acceptors (Lipinski definition) is 10. The van der Waals surface area contributed by atoms with Crippen LogP contribution in [0.4, 0.5) is 0 Å². The van der Waals surface area contributed by atoms with Gasteiger partial charge >= 0.3 is 0 Å². The largest absolute Gasteiger partial charge is 0.508 e. The Hall–Kier alpha value is -3.25. The van der Waals surface area contributed by atoms with Gasteiger partial charge < -0.3 is 31.0 Å². The molecule has 3 aliphatic rings. The number of rotatable bonds is 6. The van der Waals surface area contributed by atoms with Gasteiger partial charge in [-0.3, -0.25) is 19.3 Å². The average molecular weight is 530 g/mol. The lowest BCUT2D eigenvalue weighted by Gasteiger charge is -2.50. The quantitative estimate of drug-likeness (QED) is 0.265. The van der Waals surface area contributed by atoms with Gasteiger partial charge in [0.15, 0.2) is 11.4 Å². The normalized spacial score (nSPS) is 28.8. The van der Waals surface area contributed by atoms with Crippen LogP contribution in [0.3, 0.4) is 0 Å². The van der Waals surface area contributed by atoms with Crippen molar-refractivity contribution in [2.24, 2.45) is 17.6 Å². The Labute approximate surface area is 220 Å². The first-order valence-corrected chi connectivity index (χ1v) is 12.5. The number of aliphatic hydroxyl groups is 3. The second-order valence-electron chi connectivity index (χ2n) is 10.8. The molecule has 1 aromatic carbocycles. The van der Waals surface area contributed by atoms with Gasteiger partial charge in [-0.25, -0.2) is 0 Å². The van der Waals surface area contributed by atoms with Crippen LogP contribution in [0.2, 0.25) is 0 Å². The molecule has 0 saturated heterocycles. The van der Waals surface area contributed by atoms with E-state index in [1.54, 1.807) is 39.4 Å². The van der Waals surface area contributed by atoms with Gasteiger partial charge in [0.25, 0.3) is 5.91 Å². The number of amides is 1. The molecule has 11 nitrogen and oxygen atoms in total. The number of phenolic OH excluding ortho intramolecular Hbond substituents is 1. The van der Waals surface area contributed by atoms with Gasteiger partial charge in [-0.2, -0.15) is 5.06 Å². The number of Topliss-reactive ketones (excluding diaryl/α,β-unsaturated/α-hetero) is 2. The Kier molecular flexibility index (Phi) is 6.72. The number of hydroxylamine groups is 2. The first kappa shape index (κ1) is 27.8. The molecule has 0 radical (unpaired) electrons. The molecular weight excluding hydrogens is 494 g/mol. The van der Waals surface area contributed by atoms with E-state index in [1.807, 2.05) is 13.8 Å². The number of benzene rings is 1. The summed E-state index contributed by atoms with van der Waals surface area (Å²) in [5.41, 5.74) is 2.48. The van der Waals surface area contributed by atoms with Gasteiger partial charge in [-0.05, 0) is 63.4 Å². The van der Waals surface area contributed by atoms with Crippen LogP contribution in [0.25, 0.3) is 5.76 Å². The third kappa shape index (κ3) is 3.53. The number of likely N-dealkylation sites (N-methyl/N-ethyl adjacent to an activating group) is 1. The Balaban J connectivity index is 1.99. The summed E-state index contributed by atoms with van der Waals surface area (Å²) >= 11 is 0. The number of carbonyl (C=O) groups is 3. The fourth-order valence-electron chi connectivity index (χ4n) is 6.53. The zero-order chi connectivity index (χ0) is 28.5. The van der Waals surface area contributed by atoms with Crippen LogP contribution in [0, 0.1) is 11.8 Å². The standard InChI is InChI=1S/C27H35N3O8/c1-7-26(2,30(5)38-6)14-8-9-16(31)18-13(14)10-12-11-15-20(29(3)4)22(33)19(25(28)36)24(35)27(15,37)23(34)17(12)21(18)32/h8-9,12,15,20,31-32,35,37H,7,10-11H2,1-6H3,(H2,28,36)/t12-,15-,20-,26?,27-/m0/s1. The molecule has 3 aliphatic carbocycles. The van der Waals surface area contributed by atoms with E-state index in [-0.39, 0.29) is 29.7 Å². The van der Waals surface area contributed by atoms with E-state index >= 15 is 0 Å². The van der Waals surface area contributed by atoms with Crippen molar-refractivity contribution in [3.63, 3.8) is 0 Å². The summed E-state index contributed by atoms with van der Waals surface area (Å²) in [4.78, 5) is 46.2. The Bertz CT molecular complexity index is 1300. The van der Waals surface area contributed by atoms with E-state index in [9.17, 15) is 34.8 Å². The van der Waals surface area contributed by atoms with Crippen LogP contribution in [0.1, 0.15) is 43.4 Å². The second kappa shape index (κ2) is 9.19. The number of phenols is 1. The Morgan fingerprint density at radius 1 is 1.21 bits per heavy atom. The molecule has 0 bridgehead atoms. The van der Waals surface area contributed by atoms with Gasteiger partial charge in [-0.1, -0.05) is 13.0 Å². The number of nitrogens with two attached hydrogens (primary N) is 1. The molecule has 0 aromatic heterocycles. The van der Waals surface area contributed by atoms with Crippen LogP contribution in [-0.2, 0) is 31.2 Å². The maximum absolute atomic E-state index is 13.9. The smallest absolute Gasteiger partial charge is 0.255 e. The van der Waals surface area contributed by atoms with E-state index < -0.39 is 63.6 Å². The van der Waals surface area contributed by atoms with Crippen molar-refractivity contribution < 1.29 is 39.6 Å². The highest BCUT2D eigenvalue weighted by Gasteiger charge is 2.64. The molecule has 0 heterocycles. The minimum Gasteiger partial charge on any atom is -0.508 e. The van der Waals surface area contributed by atoms with Gasteiger partial charge in [-0.15, -0.1) is 0 Å². The number of ketones is 2. The molecule has 206 valence electrons. The molecule has 1 fully saturated rings. The van der Waals surface area contributed by atoms with Crippen molar-refractivity contribution in [1.82, 2.24) is 9.96 Å². The third-order valence-electron chi connectivity index (χ3n) is 8.84. The topological polar surface area (TPSA) is 174 Å². The molecule has 1 saturated carbocycles. The summed E-state index contributed by atoms with van der Waals surface area (Å²) in [7, 11) is 6.45. The summed E-state index contributed by atoms with van der Waals surface area (Å²) in [5, 5.41) is 46.5. The van der Waals surface area contributed by atoms with Crippen molar-refractivity contribution in [3.05, 3.63) is 45.7 Å². The van der Waals surface area contributed by atoms with Crippen LogP contribution in [-0.4, -0.2) is 87.8 Å². The summed E-state index contributed by atoms with van der Waals surface area (Å²) in [6.07, 6.45) is 0.860. The number of primary amides is 1. The van der Waals surface area contributed by atoms with Gasteiger partial charge in [0, 0.05) is 18.5 Å². The van der Waals surface area contributed by atoms with Crippen molar-refractivity contribution in [3.8, 4) is 5.75 Å². The zero-order valence-electron chi connectivity index (χ0n) is 22.4. The lowest BCUT2D eigenvalue weighted by Crippen LogP contribution is -2.65.